The molecule has 0 aromatic heterocycles. The second-order valence-corrected chi connectivity index (χ2v) is 6.07. The van der Waals surface area contributed by atoms with E-state index in [1.807, 2.05) is 0 Å². The van der Waals surface area contributed by atoms with Crippen molar-refractivity contribution in [1.29, 1.82) is 0 Å². The summed E-state index contributed by atoms with van der Waals surface area (Å²) in [6.45, 7) is 6.47. The Morgan fingerprint density at radius 3 is 2.53 bits per heavy atom. The van der Waals surface area contributed by atoms with Crippen LogP contribution in [0.3, 0.4) is 0 Å². The van der Waals surface area contributed by atoms with Crippen LogP contribution in [0.5, 0.6) is 0 Å². The average Bonchev–Trinajstić information content (AvgIpc) is 2.15. The van der Waals surface area contributed by atoms with E-state index in [4.69, 9.17) is 11.6 Å². The lowest BCUT2D eigenvalue weighted by molar-refractivity contribution is 0.154. The first-order valence-corrected chi connectivity index (χ1v) is 6.30. The van der Waals surface area contributed by atoms with Crippen LogP contribution in [0.4, 0.5) is 4.39 Å². The molecule has 1 aromatic rings. The van der Waals surface area contributed by atoms with Crippen molar-refractivity contribution in [3.8, 4) is 0 Å². The first-order chi connectivity index (χ1) is 7.79. The zero-order valence-corrected chi connectivity index (χ0v) is 11.4. The van der Waals surface area contributed by atoms with Crippen molar-refractivity contribution in [2.45, 2.75) is 46.1 Å². The van der Waals surface area contributed by atoms with Gasteiger partial charge in [-0.05, 0) is 30.4 Å². The number of halogens is 2. The first-order valence-electron chi connectivity index (χ1n) is 5.92. The number of aliphatic hydroxyl groups excluding tert-OH is 1. The number of hydrogen-bond donors (Lipinski definition) is 1. The molecule has 0 aliphatic heterocycles. The van der Waals surface area contributed by atoms with Gasteiger partial charge in [-0.15, -0.1) is 0 Å². The van der Waals surface area contributed by atoms with E-state index in [2.05, 4.69) is 20.8 Å². The summed E-state index contributed by atoms with van der Waals surface area (Å²) in [5.41, 5.74) is 0.585. The molecule has 0 heterocycles. The quantitative estimate of drug-likeness (QED) is 0.828. The molecule has 1 N–H and O–H groups in total. The summed E-state index contributed by atoms with van der Waals surface area (Å²) >= 11 is 5.66. The van der Waals surface area contributed by atoms with Crippen molar-refractivity contribution in [1.82, 2.24) is 0 Å². The van der Waals surface area contributed by atoms with Crippen LogP contribution in [0.2, 0.25) is 5.02 Å². The van der Waals surface area contributed by atoms with Gasteiger partial charge >= 0.3 is 0 Å². The Morgan fingerprint density at radius 1 is 1.35 bits per heavy atom. The highest BCUT2D eigenvalue weighted by Crippen LogP contribution is 2.28. The van der Waals surface area contributed by atoms with Gasteiger partial charge in [0.1, 0.15) is 5.82 Å². The summed E-state index contributed by atoms with van der Waals surface area (Å²) in [5.74, 6) is -0.430. The molecule has 0 saturated carbocycles. The van der Waals surface area contributed by atoms with Crippen LogP contribution in [0, 0.1) is 11.2 Å². The van der Waals surface area contributed by atoms with E-state index >= 15 is 0 Å². The Kier molecular flexibility index (Phi) is 4.96. The van der Waals surface area contributed by atoms with Gasteiger partial charge in [-0.3, -0.25) is 0 Å². The van der Waals surface area contributed by atoms with E-state index in [0.29, 0.717) is 17.0 Å². The lowest BCUT2D eigenvalue weighted by Gasteiger charge is -2.19. The molecular weight excluding hydrogens is 239 g/mol. The van der Waals surface area contributed by atoms with E-state index in [9.17, 15) is 9.50 Å². The number of aliphatic hydroxyl groups is 1. The molecule has 3 heteroatoms. The molecule has 0 saturated heterocycles. The fourth-order valence-corrected chi connectivity index (χ4v) is 1.91. The Balaban J connectivity index is 2.55. The Morgan fingerprint density at radius 2 is 2.00 bits per heavy atom. The van der Waals surface area contributed by atoms with Crippen LogP contribution in [0.25, 0.3) is 0 Å². The molecule has 1 nitrogen and oxygen atoms in total. The van der Waals surface area contributed by atoms with Crippen molar-refractivity contribution >= 4 is 11.6 Å². The Labute approximate surface area is 108 Å². The Hall–Kier alpha value is -0.600. The molecule has 1 atom stereocenters. The molecule has 0 aliphatic rings. The van der Waals surface area contributed by atoms with Gasteiger partial charge in [-0.1, -0.05) is 44.9 Å². The van der Waals surface area contributed by atoms with Gasteiger partial charge in [-0.25, -0.2) is 4.39 Å². The minimum absolute atomic E-state index is 0.248. The summed E-state index contributed by atoms with van der Waals surface area (Å²) in [6.07, 6.45) is 1.73. The second-order valence-electron chi connectivity index (χ2n) is 5.63. The maximum absolute atomic E-state index is 13.5. The summed E-state index contributed by atoms with van der Waals surface area (Å²) in [5, 5.41) is 10.3. The molecule has 0 amide bonds. The van der Waals surface area contributed by atoms with Crippen molar-refractivity contribution in [2.75, 3.05) is 0 Å². The van der Waals surface area contributed by atoms with Crippen LogP contribution >= 0.6 is 11.6 Å². The highest BCUT2D eigenvalue weighted by Gasteiger charge is 2.15. The van der Waals surface area contributed by atoms with Crippen LogP contribution in [0.15, 0.2) is 18.2 Å². The van der Waals surface area contributed by atoms with Crippen LogP contribution in [0.1, 0.15) is 51.7 Å². The van der Waals surface area contributed by atoms with Crippen LogP contribution < -0.4 is 0 Å². The average molecular weight is 259 g/mol. The molecular formula is C14H20ClFO. The fraction of sp³-hybridized carbons (Fsp3) is 0.571. The third-order valence-corrected chi connectivity index (χ3v) is 2.96. The molecule has 0 aliphatic carbocycles. The standard InChI is InChI=1S/C14H20ClFO/c1-14(2,3)8-4-5-13(17)11-7-6-10(15)9-12(11)16/h6-7,9,13,17H,4-5,8H2,1-3H3. The van der Waals surface area contributed by atoms with Gasteiger partial charge in [-0.2, -0.15) is 0 Å². The third-order valence-electron chi connectivity index (χ3n) is 2.73. The van der Waals surface area contributed by atoms with Crippen molar-refractivity contribution in [3.05, 3.63) is 34.6 Å². The smallest absolute Gasteiger partial charge is 0.130 e. The lowest BCUT2D eigenvalue weighted by atomic mass is 9.88. The number of rotatable bonds is 4. The lowest BCUT2D eigenvalue weighted by Crippen LogP contribution is -2.07. The minimum atomic E-state index is -0.741. The van der Waals surface area contributed by atoms with Crippen molar-refractivity contribution in [3.63, 3.8) is 0 Å². The van der Waals surface area contributed by atoms with E-state index in [-0.39, 0.29) is 5.41 Å². The highest BCUT2D eigenvalue weighted by atomic mass is 35.5. The molecule has 1 aromatic carbocycles. The molecule has 0 spiro atoms. The van der Waals surface area contributed by atoms with E-state index in [1.54, 1.807) is 12.1 Å². The van der Waals surface area contributed by atoms with Gasteiger partial charge in [0.15, 0.2) is 0 Å². The predicted molar refractivity (Wildman–Crippen MR) is 69.7 cm³/mol. The molecule has 0 radical (unpaired) electrons. The van der Waals surface area contributed by atoms with Crippen molar-refractivity contribution < 1.29 is 9.50 Å². The van der Waals surface area contributed by atoms with Gasteiger partial charge < -0.3 is 5.11 Å². The second kappa shape index (κ2) is 5.83. The Bertz CT molecular complexity index is 371. The molecule has 96 valence electrons. The number of hydrogen-bond acceptors (Lipinski definition) is 1. The zero-order valence-electron chi connectivity index (χ0n) is 10.6. The van der Waals surface area contributed by atoms with Gasteiger partial charge in [0, 0.05) is 10.6 Å². The zero-order chi connectivity index (χ0) is 13.1. The molecule has 0 fully saturated rings. The van der Waals surface area contributed by atoms with Gasteiger partial charge in [0.05, 0.1) is 6.10 Å². The maximum atomic E-state index is 13.5. The fourth-order valence-electron chi connectivity index (χ4n) is 1.75. The summed E-state index contributed by atoms with van der Waals surface area (Å²) in [6, 6.07) is 4.40. The van der Waals surface area contributed by atoms with Crippen LogP contribution in [-0.4, -0.2) is 5.11 Å². The third kappa shape index (κ3) is 5.05. The summed E-state index contributed by atoms with van der Waals surface area (Å²) < 4.78 is 13.5. The van der Waals surface area contributed by atoms with Crippen molar-refractivity contribution in [2.24, 2.45) is 5.41 Å². The summed E-state index contributed by atoms with van der Waals surface area (Å²) in [4.78, 5) is 0. The molecule has 0 bridgehead atoms. The summed E-state index contributed by atoms with van der Waals surface area (Å²) in [7, 11) is 0. The maximum Gasteiger partial charge on any atom is 0.130 e. The predicted octanol–water partition coefficient (Wildman–Crippen LogP) is 4.73. The largest absolute Gasteiger partial charge is 0.388 e. The first kappa shape index (κ1) is 14.5. The topological polar surface area (TPSA) is 20.2 Å². The molecule has 1 unspecified atom stereocenters. The van der Waals surface area contributed by atoms with E-state index < -0.39 is 11.9 Å². The highest BCUT2D eigenvalue weighted by molar-refractivity contribution is 6.30. The normalized spacial score (nSPS) is 13.8. The SMILES string of the molecule is CC(C)(C)CCCC(O)c1ccc(Cl)cc1F. The van der Waals surface area contributed by atoms with E-state index in [1.165, 1.54) is 6.07 Å². The van der Waals surface area contributed by atoms with E-state index in [0.717, 1.165) is 12.8 Å². The monoisotopic (exact) mass is 258 g/mol. The molecule has 1 rings (SSSR count). The molecule has 17 heavy (non-hydrogen) atoms. The number of benzene rings is 1. The minimum Gasteiger partial charge on any atom is -0.388 e. The van der Waals surface area contributed by atoms with Gasteiger partial charge in [0.2, 0.25) is 0 Å². The van der Waals surface area contributed by atoms with Crippen LogP contribution in [-0.2, 0) is 0 Å². The van der Waals surface area contributed by atoms with Gasteiger partial charge in [0.25, 0.3) is 0 Å².